The van der Waals surface area contributed by atoms with Crippen molar-refractivity contribution in [2.24, 2.45) is 0 Å². The van der Waals surface area contributed by atoms with Crippen molar-refractivity contribution in [1.29, 1.82) is 0 Å². The van der Waals surface area contributed by atoms with E-state index < -0.39 is 6.04 Å². The lowest BCUT2D eigenvalue weighted by molar-refractivity contribution is -0.143. The molecule has 0 unspecified atom stereocenters. The molecule has 0 aliphatic carbocycles. The van der Waals surface area contributed by atoms with Gasteiger partial charge in [-0.15, -0.1) is 0 Å². The summed E-state index contributed by atoms with van der Waals surface area (Å²) in [5.41, 5.74) is 1.98. The predicted molar refractivity (Wildman–Crippen MR) is 147 cm³/mol. The van der Waals surface area contributed by atoms with Gasteiger partial charge in [-0.05, 0) is 61.4 Å². The molecule has 0 saturated heterocycles. The number of hydrogen-bond acceptors (Lipinski definition) is 7. The van der Waals surface area contributed by atoms with Crippen molar-refractivity contribution >= 4 is 38.0 Å². The SMILES string of the molecule is CCOC(=O)CCCOc1ccc(C[C@H](NC(=O)CSC)C(=O)NCCc2ccc(OC)cc2)cc1.[B]. The molecule has 0 aromatic heterocycles. The summed E-state index contributed by atoms with van der Waals surface area (Å²) >= 11 is 1.40. The lowest BCUT2D eigenvalue weighted by Gasteiger charge is -2.19. The molecule has 2 aromatic rings. The number of thioether (sulfide) groups is 1. The van der Waals surface area contributed by atoms with Gasteiger partial charge in [0.15, 0.2) is 0 Å². The number of amides is 2. The highest BCUT2D eigenvalue weighted by atomic mass is 32.2. The van der Waals surface area contributed by atoms with Crippen molar-refractivity contribution < 1.29 is 28.6 Å². The van der Waals surface area contributed by atoms with Crippen LogP contribution in [0.1, 0.15) is 30.9 Å². The first kappa shape index (κ1) is 31.9. The van der Waals surface area contributed by atoms with Gasteiger partial charge in [-0.25, -0.2) is 0 Å². The van der Waals surface area contributed by atoms with Crippen LogP contribution in [0.2, 0.25) is 0 Å². The van der Waals surface area contributed by atoms with Crippen LogP contribution in [0, 0.1) is 0 Å². The number of rotatable bonds is 16. The Kier molecular flexibility index (Phi) is 15.7. The summed E-state index contributed by atoms with van der Waals surface area (Å²) in [4.78, 5) is 36.5. The Hall–Kier alpha value is -3.14. The first-order valence-corrected chi connectivity index (χ1v) is 13.4. The van der Waals surface area contributed by atoms with E-state index in [-0.39, 0.29) is 31.9 Å². The van der Waals surface area contributed by atoms with Crippen LogP contribution in [0.25, 0.3) is 0 Å². The fourth-order valence-electron chi connectivity index (χ4n) is 3.42. The Balaban J connectivity index is 0.00000684. The van der Waals surface area contributed by atoms with Gasteiger partial charge in [-0.1, -0.05) is 24.3 Å². The van der Waals surface area contributed by atoms with Crippen molar-refractivity contribution in [3.8, 4) is 11.5 Å². The smallest absolute Gasteiger partial charge is 0.305 e. The average molecular weight is 527 g/mol. The topological polar surface area (TPSA) is 103 Å². The van der Waals surface area contributed by atoms with Crippen LogP contribution in [-0.2, 0) is 32.0 Å². The molecule has 0 saturated carbocycles. The molecule has 199 valence electrons. The highest BCUT2D eigenvalue weighted by Crippen LogP contribution is 2.15. The third kappa shape index (κ3) is 12.6. The maximum atomic E-state index is 12.9. The minimum Gasteiger partial charge on any atom is -0.497 e. The summed E-state index contributed by atoms with van der Waals surface area (Å²) < 4.78 is 15.8. The lowest BCUT2D eigenvalue weighted by atomic mass is 10.0. The average Bonchev–Trinajstić information content (AvgIpc) is 2.88. The van der Waals surface area contributed by atoms with Gasteiger partial charge in [0.05, 0.1) is 26.1 Å². The van der Waals surface area contributed by atoms with Crippen LogP contribution in [-0.4, -0.2) is 71.1 Å². The van der Waals surface area contributed by atoms with E-state index in [1.165, 1.54) is 11.8 Å². The molecule has 0 aliphatic heterocycles. The monoisotopic (exact) mass is 527 g/mol. The lowest BCUT2D eigenvalue weighted by Crippen LogP contribution is -2.49. The van der Waals surface area contributed by atoms with E-state index in [1.54, 1.807) is 14.0 Å². The number of carbonyl (C=O) groups excluding carboxylic acids is 3. The third-order valence-electron chi connectivity index (χ3n) is 5.26. The normalized spacial score (nSPS) is 11.0. The van der Waals surface area contributed by atoms with E-state index in [9.17, 15) is 14.4 Å². The number of nitrogens with one attached hydrogen (secondary N) is 2. The Bertz CT molecular complexity index is 956. The number of esters is 1. The Morgan fingerprint density at radius 1 is 0.973 bits per heavy atom. The van der Waals surface area contributed by atoms with Crippen LogP contribution in [0.5, 0.6) is 11.5 Å². The van der Waals surface area contributed by atoms with Crippen molar-refractivity contribution in [3.05, 3.63) is 59.7 Å². The van der Waals surface area contributed by atoms with E-state index >= 15 is 0 Å². The fourth-order valence-corrected chi connectivity index (χ4v) is 3.76. The second-order valence-electron chi connectivity index (χ2n) is 8.05. The highest BCUT2D eigenvalue weighted by Gasteiger charge is 2.21. The predicted octanol–water partition coefficient (Wildman–Crippen LogP) is 2.79. The summed E-state index contributed by atoms with van der Waals surface area (Å²) in [6, 6.07) is 14.4. The molecular formula is C27H36BN2O6S. The van der Waals surface area contributed by atoms with E-state index in [4.69, 9.17) is 14.2 Å². The van der Waals surface area contributed by atoms with Crippen molar-refractivity contribution in [2.75, 3.05) is 38.9 Å². The second kappa shape index (κ2) is 18.2. The van der Waals surface area contributed by atoms with Gasteiger partial charge in [0, 0.05) is 27.8 Å². The number of methoxy groups -OCH3 is 1. The van der Waals surface area contributed by atoms with Crippen molar-refractivity contribution in [1.82, 2.24) is 10.6 Å². The molecule has 0 heterocycles. The molecule has 0 bridgehead atoms. The minimum atomic E-state index is -0.683. The molecule has 10 heteroatoms. The van der Waals surface area contributed by atoms with Crippen LogP contribution in [0.3, 0.4) is 0 Å². The molecule has 1 atom stereocenters. The van der Waals surface area contributed by atoms with Gasteiger partial charge in [0.2, 0.25) is 11.8 Å². The van der Waals surface area contributed by atoms with Crippen LogP contribution >= 0.6 is 11.8 Å². The summed E-state index contributed by atoms with van der Waals surface area (Å²) in [6.07, 6.45) is 3.76. The molecule has 0 spiro atoms. The van der Waals surface area contributed by atoms with Gasteiger partial charge in [0.1, 0.15) is 17.5 Å². The third-order valence-corrected chi connectivity index (χ3v) is 5.81. The molecule has 2 amide bonds. The minimum absolute atomic E-state index is 0. The molecule has 2 rings (SSSR count). The van der Waals surface area contributed by atoms with E-state index in [0.29, 0.717) is 51.2 Å². The first-order chi connectivity index (χ1) is 17.4. The Labute approximate surface area is 225 Å². The Morgan fingerprint density at radius 3 is 2.24 bits per heavy atom. The summed E-state index contributed by atoms with van der Waals surface area (Å²) in [7, 11) is 1.62. The van der Waals surface area contributed by atoms with E-state index in [0.717, 1.165) is 16.9 Å². The van der Waals surface area contributed by atoms with Gasteiger partial charge in [-0.3, -0.25) is 14.4 Å². The van der Waals surface area contributed by atoms with Crippen molar-refractivity contribution in [3.63, 3.8) is 0 Å². The van der Waals surface area contributed by atoms with Gasteiger partial charge in [0.25, 0.3) is 0 Å². The first-order valence-electron chi connectivity index (χ1n) is 12.0. The fraction of sp³-hybridized carbons (Fsp3) is 0.444. The number of hydrogen-bond donors (Lipinski definition) is 2. The molecular weight excluding hydrogens is 491 g/mol. The standard InChI is InChI=1S/C27H36N2O6S.B/c1-4-34-26(31)6-5-17-35-23-13-9-21(10-14-23)18-24(29-25(30)19-36-3)27(32)28-16-15-20-7-11-22(33-2)12-8-20;/h7-14,24H,4-6,15-19H2,1-3H3,(H,28,32)(H,29,30);/t24-;/m0./s1. The summed E-state index contributed by atoms with van der Waals surface area (Å²) in [5.74, 6) is 1.11. The molecule has 37 heavy (non-hydrogen) atoms. The second-order valence-corrected chi connectivity index (χ2v) is 8.91. The molecule has 0 aliphatic rings. The maximum absolute atomic E-state index is 12.9. The molecule has 2 N–H and O–H groups in total. The summed E-state index contributed by atoms with van der Waals surface area (Å²) in [6.45, 7) is 3.02. The molecule has 8 nitrogen and oxygen atoms in total. The molecule has 2 aromatic carbocycles. The Morgan fingerprint density at radius 2 is 1.62 bits per heavy atom. The molecule has 3 radical (unpaired) electrons. The zero-order valence-corrected chi connectivity index (χ0v) is 22.6. The van der Waals surface area contributed by atoms with Crippen molar-refractivity contribution in [2.45, 2.75) is 38.6 Å². The van der Waals surface area contributed by atoms with Gasteiger partial charge < -0.3 is 24.8 Å². The van der Waals surface area contributed by atoms with Gasteiger partial charge >= 0.3 is 5.97 Å². The molecule has 0 fully saturated rings. The summed E-state index contributed by atoms with van der Waals surface area (Å²) in [5, 5.41) is 5.78. The largest absolute Gasteiger partial charge is 0.497 e. The number of ether oxygens (including phenoxy) is 3. The zero-order chi connectivity index (χ0) is 26.2. The number of benzene rings is 2. The van der Waals surface area contributed by atoms with Crippen LogP contribution < -0.4 is 20.1 Å². The van der Waals surface area contributed by atoms with E-state index in [1.807, 2.05) is 54.8 Å². The van der Waals surface area contributed by atoms with Gasteiger partial charge in [-0.2, -0.15) is 11.8 Å². The zero-order valence-electron chi connectivity index (χ0n) is 21.8. The number of carbonyl (C=O) groups is 3. The highest BCUT2D eigenvalue weighted by molar-refractivity contribution is 7.99. The quantitative estimate of drug-likeness (QED) is 0.197. The van der Waals surface area contributed by atoms with E-state index in [2.05, 4.69) is 10.6 Å². The maximum Gasteiger partial charge on any atom is 0.305 e. The van der Waals surface area contributed by atoms with Crippen LogP contribution in [0.15, 0.2) is 48.5 Å². The van der Waals surface area contributed by atoms with Crippen LogP contribution in [0.4, 0.5) is 0 Å².